The summed E-state index contributed by atoms with van der Waals surface area (Å²) in [5, 5.41) is 3.38. The number of carbonyl (C=O) groups excluding carboxylic acids is 1. The first kappa shape index (κ1) is 14.6. The second kappa shape index (κ2) is 6.59. The van der Waals surface area contributed by atoms with Crippen molar-refractivity contribution in [2.75, 3.05) is 5.32 Å². The molecule has 0 spiro atoms. The van der Waals surface area contributed by atoms with Gasteiger partial charge in [0.05, 0.1) is 5.56 Å². The van der Waals surface area contributed by atoms with E-state index in [0.717, 1.165) is 14.8 Å². The Hall–Kier alpha value is -0.780. The van der Waals surface area contributed by atoms with E-state index < -0.39 is 0 Å². The summed E-state index contributed by atoms with van der Waals surface area (Å²) >= 11 is 13.8. The van der Waals surface area contributed by atoms with Crippen LogP contribution in [0.4, 0.5) is 5.69 Å². The van der Waals surface area contributed by atoms with Gasteiger partial charge in [0, 0.05) is 20.2 Å². The van der Waals surface area contributed by atoms with E-state index in [1.54, 1.807) is 12.1 Å². The van der Waals surface area contributed by atoms with E-state index >= 15 is 0 Å². The van der Waals surface area contributed by atoms with Crippen LogP contribution in [0.5, 0.6) is 0 Å². The van der Waals surface area contributed by atoms with Crippen molar-refractivity contribution in [1.29, 1.82) is 0 Å². The summed E-state index contributed by atoms with van der Waals surface area (Å²) in [6.45, 7) is 0. The number of hydrogen-bond acceptors (Lipinski definition) is 1. The van der Waals surface area contributed by atoms with Crippen LogP contribution in [0.3, 0.4) is 0 Å². The maximum Gasteiger partial charge on any atom is 0.256 e. The number of carbonyl (C=O) groups is 1. The molecule has 2 aromatic rings. The van der Waals surface area contributed by atoms with Gasteiger partial charge >= 0.3 is 0 Å². The minimum Gasteiger partial charge on any atom is -0.322 e. The highest BCUT2D eigenvalue weighted by Gasteiger charge is 2.11. The Morgan fingerprint density at radius 2 is 2.00 bits per heavy atom. The Kier molecular flexibility index (Phi) is 5.07. The first-order valence-corrected chi connectivity index (χ1v) is 7.50. The van der Waals surface area contributed by atoms with Crippen LogP contribution in [-0.4, -0.2) is 5.91 Å². The summed E-state index contributed by atoms with van der Waals surface area (Å²) in [4.78, 5) is 12.2. The Morgan fingerprint density at radius 3 is 2.74 bits per heavy atom. The van der Waals surface area contributed by atoms with Crippen molar-refractivity contribution in [3.8, 4) is 0 Å². The summed E-state index contributed by atoms with van der Waals surface area (Å²) in [7, 11) is 0. The van der Waals surface area contributed by atoms with E-state index in [4.69, 9.17) is 23.2 Å². The molecule has 0 aromatic heterocycles. The van der Waals surface area contributed by atoms with Gasteiger partial charge in [-0.05, 0) is 58.5 Å². The zero-order valence-corrected chi connectivity index (χ0v) is 13.5. The van der Waals surface area contributed by atoms with E-state index in [9.17, 15) is 4.79 Å². The van der Waals surface area contributed by atoms with Gasteiger partial charge in [-0.25, -0.2) is 0 Å². The first-order chi connectivity index (χ1) is 9.10. The van der Waals surface area contributed by atoms with Gasteiger partial charge in [-0.3, -0.25) is 4.79 Å². The number of anilines is 1. The number of alkyl halides is 1. The maximum absolute atomic E-state index is 12.2. The van der Waals surface area contributed by atoms with Crippen LogP contribution in [0.2, 0.25) is 5.02 Å². The van der Waals surface area contributed by atoms with E-state index in [0.29, 0.717) is 16.5 Å². The minimum absolute atomic E-state index is 0.182. The van der Waals surface area contributed by atoms with Crippen LogP contribution in [0.1, 0.15) is 15.9 Å². The summed E-state index contributed by atoms with van der Waals surface area (Å²) in [6.07, 6.45) is 0. The number of hydrogen-bond donors (Lipinski definition) is 1. The Labute approximate surface area is 135 Å². The lowest BCUT2D eigenvalue weighted by atomic mass is 10.2. The van der Waals surface area contributed by atoms with Crippen LogP contribution in [-0.2, 0) is 5.88 Å². The molecule has 0 unspecified atom stereocenters. The van der Waals surface area contributed by atoms with E-state index in [2.05, 4.69) is 27.9 Å². The molecular weight excluding hydrogens is 396 g/mol. The normalized spacial score (nSPS) is 10.3. The van der Waals surface area contributed by atoms with Gasteiger partial charge in [0.2, 0.25) is 0 Å². The smallest absolute Gasteiger partial charge is 0.256 e. The van der Waals surface area contributed by atoms with E-state index in [1.807, 2.05) is 30.3 Å². The largest absolute Gasteiger partial charge is 0.322 e. The fourth-order valence-electron chi connectivity index (χ4n) is 1.60. The Balaban J connectivity index is 2.23. The molecule has 2 aromatic carbocycles. The molecule has 2 nitrogen and oxygen atoms in total. The van der Waals surface area contributed by atoms with Crippen molar-refractivity contribution in [2.24, 2.45) is 0 Å². The third-order valence-electron chi connectivity index (χ3n) is 2.51. The third kappa shape index (κ3) is 3.84. The van der Waals surface area contributed by atoms with Crippen LogP contribution in [0.25, 0.3) is 0 Å². The SMILES string of the molecule is O=C(Nc1cccc(CCl)c1)c1cc(Cl)ccc1I. The van der Waals surface area contributed by atoms with E-state index in [-0.39, 0.29) is 5.91 Å². The number of rotatable bonds is 3. The van der Waals surface area contributed by atoms with E-state index in [1.165, 1.54) is 0 Å². The standard InChI is InChI=1S/C14H10Cl2INO/c15-8-9-2-1-3-11(6-9)18-14(19)12-7-10(16)4-5-13(12)17/h1-7H,8H2,(H,18,19). The van der Waals surface area contributed by atoms with Crippen molar-refractivity contribution >= 4 is 57.4 Å². The van der Waals surface area contributed by atoms with Crippen LogP contribution in [0.15, 0.2) is 42.5 Å². The quantitative estimate of drug-likeness (QED) is 0.568. The van der Waals surface area contributed by atoms with Crippen LogP contribution >= 0.6 is 45.8 Å². The molecule has 0 saturated heterocycles. The molecule has 1 amide bonds. The zero-order chi connectivity index (χ0) is 13.8. The average Bonchev–Trinajstić information content (AvgIpc) is 2.41. The molecule has 98 valence electrons. The highest BCUT2D eigenvalue weighted by Crippen LogP contribution is 2.20. The molecule has 5 heteroatoms. The van der Waals surface area contributed by atoms with Crippen molar-refractivity contribution < 1.29 is 4.79 Å². The summed E-state index contributed by atoms with van der Waals surface area (Å²) in [5.74, 6) is 0.233. The molecular formula is C14H10Cl2INO. The average molecular weight is 406 g/mol. The van der Waals surface area contributed by atoms with Crippen LogP contribution < -0.4 is 5.32 Å². The molecule has 0 fully saturated rings. The zero-order valence-electron chi connectivity index (χ0n) is 9.79. The molecule has 0 heterocycles. The highest BCUT2D eigenvalue weighted by atomic mass is 127. The number of benzene rings is 2. The monoisotopic (exact) mass is 405 g/mol. The summed E-state index contributed by atoms with van der Waals surface area (Å²) in [6, 6.07) is 12.7. The number of amides is 1. The van der Waals surface area contributed by atoms with Gasteiger partial charge in [-0.1, -0.05) is 23.7 Å². The molecule has 0 radical (unpaired) electrons. The van der Waals surface area contributed by atoms with Crippen molar-refractivity contribution in [2.45, 2.75) is 5.88 Å². The molecule has 0 saturated carbocycles. The molecule has 1 N–H and O–H groups in total. The Bertz CT molecular complexity index is 616. The fraction of sp³-hybridized carbons (Fsp3) is 0.0714. The Morgan fingerprint density at radius 1 is 1.21 bits per heavy atom. The summed E-state index contributed by atoms with van der Waals surface area (Å²) < 4.78 is 0.855. The molecule has 19 heavy (non-hydrogen) atoms. The second-order valence-electron chi connectivity index (χ2n) is 3.91. The van der Waals surface area contributed by atoms with Crippen LogP contribution in [0, 0.1) is 3.57 Å². The van der Waals surface area contributed by atoms with Gasteiger partial charge in [-0.2, -0.15) is 0 Å². The van der Waals surface area contributed by atoms with Gasteiger partial charge < -0.3 is 5.32 Å². The lowest BCUT2D eigenvalue weighted by Crippen LogP contribution is -2.13. The van der Waals surface area contributed by atoms with Gasteiger partial charge in [-0.15, -0.1) is 11.6 Å². The molecule has 0 bridgehead atoms. The second-order valence-corrected chi connectivity index (χ2v) is 5.78. The van der Waals surface area contributed by atoms with Crippen molar-refractivity contribution in [3.63, 3.8) is 0 Å². The first-order valence-electron chi connectivity index (χ1n) is 5.51. The molecule has 0 aliphatic heterocycles. The molecule has 2 rings (SSSR count). The topological polar surface area (TPSA) is 29.1 Å². The third-order valence-corrected chi connectivity index (χ3v) is 4.00. The molecule has 0 aliphatic rings. The number of halogens is 3. The van der Waals surface area contributed by atoms with Crippen molar-refractivity contribution in [3.05, 3.63) is 62.2 Å². The molecule has 0 atom stereocenters. The molecule has 0 aliphatic carbocycles. The van der Waals surface area contributed by atoms with Crippen molar-refractivity contribution in [1.82, 2.24) is 0 Å². The minimum atomic E-state index is -0.182. The number of nitrogens with one attached hydrogen (secondary N) is 1. The van der Waals surface area contributed by atoms with Gasteiger partial charge in [0.15, 0.2) is 0 Å². The summed E-state index contributed by atoms with van der Waals surface area (Å²) in [5.41, 5.74) is 2.24. The lowest BCUT2D eigenvalue weighted by Gasteiger charge is -2.08. The van der Waals surface area contributed by atoms with Gasteiger partial charge in [0.25, 0.3) is 5.91 Å². The lowest BCUT2D eigenvalue weighted by molar-refractivity contribution is 0.102. The predicted octanol–water partition coefficient (Wildman–Crippen LogP) is 4.94. The van der Waals surface area contributed by atoms with Gasteiger partial charge in [0.1, 0.15) is 0 Å². The maximum atomic E-state index is 12.2. The fourth-order valence-corrected chi connectivity index (χ4v) is 2.52. The highest BCUT2D eigenvalue weighted by molar-refractivity contribution is 14.1. The predicted molar refractivity (Wildman–Crippen MR) is 88.1 cm³/mol.